The lowest BCUT2D eigenvalue weighted by Crippen LogP contribution is -2.37. The molecule has 1 atom stereocenters. The van der Waals surface area contributed by atoms with Gasteiger partial charge < -0.3 is 15.2 Å². The summed E-state index contributed by atoms with van der Waals surface area (Å²) in [6, 6.07) is 0. The Kier molecular flexibility index (Phi) is 4.15. The smallest absolute Gasteiger partial charge is 0.304 e. The number of hydrogen-bond donors (Lipinski definition) is 2. The summed E-state index contributed by atoms with van der Waals surface area (Å²) in [6.45, 7) is 4.24. The van der Waals surface area contributed by atoms with Crippen LogP contribution in [-0.4, -0.2) is 36.6 Å². The van der Waals surface area contributed by atoms with Gasteiger partial charge in [0, 0.05) is 24.2 Å². The fourth-order valence-electron chi connectivity index (χ4n) is 2.25. The van der Waals surface area contributed by atoms with Crippen molar-refractivity contribution in [3.63, 3.8) is 0 Å². The molecule has 1 aliphatic heterocycles. The molecular formula is C11H19N3OS. The Morgan fingerprint density at radius 1 is 1.69 bits per heavy atom. The zero-order valence-electron chi connectivity index (χ0n) is 9.66. The number of H-pyrrole nitrogens is 1. The average Bonchev–Trinajstić information content (AvgIpc) is 2.64. The summed E-state index contributed by atoms with van der Waals surface area (Å²) in [4.78, 5) is 16.2. The largest absolute Gasteiger partial charge is 0.315 e. The number of aromatic nitrogens is 1. The van der Waals surface area contributed by atoms with E-state index in [4.69, 9.17) is 0 Å². The first kappa shape index (κ1) is 11.8. The second kappa shape index (κ2) is 5.61. The second-order valence-electron chi connectivity index (χ2n) is 4.57. The highest BCUT2D eigenvalue weighted by atomic mass is 32.1. The average molecular weight is 241 g/mol. The Balaban J connectivity index is 1.69. The van der Waals surface area contributed by atoms with E-state index >= 15 is 0 Å². The molecule has 90 valence electrons. The second-order valence-corrected chi connectivity index (χ2v) is 5.42. The van der Waals surface area contributed by atoms with Crippen LogP contribution in [0.25, 0.3) is 0 Å². The molecule has 2 rings (SSSR count). The summed E-state index contributed by atoms with van der Waals surface area (Å²) < 4.78 is 0. The van der Waals surface area contributed by atoms with Gasteiger partial charge >= 0.3 is 4.87 Å². The molecule has 16 heavy (non-hydrogen) atoms. The lowest BCUT2D eigenvalue weighted by atomic mass is 9.98. The molecule has 2 heterocycles. The molecule has 1 aromatic rings. The van der Waals surface area contributed by atoms with Crippen LogP contribution in [0.4, 0.5) is 0 Å². The molecule has 0 spiro atoms. The maximum atomic E-state index is 10.9. The normalized spacial score (nSPS) is 22.4. The van der Waals surface area contributed by atoms with E-state index in [1.807, 2.05) is 5.38 Å². The quantitative estimate of drug-likeness (QED) is 0.822. The topological polar surface area (TPSA) is 48.1 Å². The number of nitrogens with one attached hydrogen (secondary N) is 2. The molecule has 0 amide bonds. The third kappa shape index (κ3) is 3.43. The van der Waals surface area contributed by atoms with Crippen molar-refractivity contribution in [3.8, 4) is 0 Å². The zero-order valence-corrected chi connectivity index (χ0v) is 10.5. The van der Waals surface area contributed by atoms with Crippen LogP contribution in [0, 0.1) is 5.92 Å². The van der Waals surface area contributed by atoms with Gasteiger partial charge in [-0.1, -0.05) is 11.3 Å². The van der Waals surface area contributed by atoms with Gasteiger partial charge in [0.2, 0.25) is 0 Å². The minimum Gasteiger partial charge on any atom is -0.315 e. The van der Waals surface area contributed by atoms with Crippen molar-refractivity contribution in [2.75, 3.05) is 26.7 Å². The van der Waals surface area contributed by atoms with Crippen LogP contribution < -0.4 is 10.2 Å². The summed E-state index contributed by atoms with van der Waals surface area (Å²) in [5.74, 6) is 0.754. The van der Waals surface area contributed by atoms with Crippen molar-refractivity contribution in [2.45, 2.75) is 19.4 Å². The molecule has 0 bridgehead atoms. The van der Waals surface area contributed by atoms with E-state index < -0.39 is 0 Å². The maximum absolute atomic E-state index is 10.9. The molecule has 2 N–H and O–H groups in total. The predicted molar refractivity (Wildman–Crippen MR) is 66.9 cm³/mol. The lowest BCUT2D eigenvalue weighted by molar-refractivity contribution is 0.206. The third-order valence-corrected chi connectivity index (χ3v) is 3.76. The van der Waals surface area contributed by atoms with Crippen LogP contribution in [-0.2, 0) is 6.54 Å². The van der Waals surface area contributed by atoms with Gasteiger partial charge in [0.05, 0.1) is 0 Å². The van der Waals surface area contributed by atoms with Gasteiger partial charge in [-0.2, -0.15) is 0 Å². The lowest BCUT2D eigenvalue weighted by Gasteiger charge is -2.29. The predicted octanol–water partition coefficient (Wildman–Crippen LogP) is 0.868. The van der Waals surface area contributed by atoms with Crippen LogP contribution >= 0.6 is 11.3 Å². The zero-order chi connectivity index (χ0) is 11.4. The van der Waals surface area contributed by atoms with Crippen molar-refractivity contribution >= 4 is 11.3 Å². The third-order valence-electron chi connectivity index (χ3n) is 3.04. The molecule has 0 radical (unpaired) electrons. The highest BCUT2D eigenvalue weighted by molar-refractivity contribution is 7.07. The fraction of sp³-hybridized carbons (Fsp3) is 0.727. The van der Waals surface area contributed by atoms with Gasteiger partial charge in [-0.05, 0) is 38.9 Å². The number of aromatic amines is 1. The monoisotopic (exact) mass is 241 g/mol. The van der Waals surface area contributed by atoms with E-state index in [1.54, 1.807) is 0 Å². The fourth-order valence-corrected chi connectivity index (χ4v) is 2.83. The molecule has 1 saturated heterocycles. The highest BCUT2D eigenvalue weighted by Crippen LogP contribution is 2.13. The summed E-state index contributed by atoms with van der Waals surface area (Å²) >= 11 is 1.23. The van der Waals surface area contributed by atoms with Crippen LogP contribution in [0.2, 0.25) is 0 Å². The minimum absolute atomic E-state index is 0.0363. The molecule has 0 aromatic carbocycles. The van der Waals surface area contributed by atoms with Gasteiger partial charge in [-0.25, -0.2) is 0 Å². The molecule has 0 aliphatic carbocycles. The first-order chi connectivity index (χ1) is 7.74. The molecule has 0 saturated carbocycles. The Hall–Kier alpha value is -0.650. The molecule has 1 fully saturated rings. The molecule has 1 unspecified atom stereocenters. The number of piperidine rings is 1. The van der Waals surface area contributed by atoms with E-state index in [0.717, 1.165) is 24.7 Å². The van der Waals surface area contributed by atoms with Crippen molar-refractivity contribution in [1.82, 2.24) is 15.2 Å². The van der Waals surface area contributed by atoms with Crippen LogP contribution in [0.1, 0.15) is 18.5 Å². The molecule has 5 heteroatoms. The molecule has 1 aliphatic rings. The molecule has 4 nitrogen and oxygen atoms in total. The SMILES string of the molecule is CN1CCCC(CNCc2csc(=O)[nH]2)C1. The van der Waals surface area contributed by atoms with Crippen LogP contribution in [0.5, 0.6) is 0 Å². The van der Waals surface area contributed by atoms with Gasteiger partial charge in [0.1, 0.15) is 0 Å². The van der Waals surface area contributed by atoms with Crippen molar-refractivity contribution < 1.29 is 0 Å². The Morgan fingerprint density at radius 3 is 3.25 bits per heavy atom. The van der Waals surface area contributed by atoms with E-state index in [9.17, 15) is 4.79 Å². The standard InChI is InChI=1S/C11H19N3OS/c1-14-4-2-3-9(7-14)5-12-6-10-8-16-11(15)13-10/h8-9,12H,2-7H2,1H3,(H,13,15). The van der Waals surface area contributed by atoms with Crippen LogP contribution in [0.3, 0.4) is 0 Å². The highest BCUT2D eigenvalue weighted by Gasteiger charge is 2.16. The first-order valence-corrected chi connectivity index (χ1v) is 6.68. The van der Waals surface area contributed by atoms with E-state index in [2.05, 4.69) is 22.2 Å². The van der Waals surface area contributed by atoms with Gasteiger partial charge in [0.15, 0.2) is 0 Å². The van der Waals surface area contributed by atoms with Crippen molar-refractivity contribution in [1.29, 1.82) is 0 Å². The van der Waals surface area contributed by atoms with E-state index in [0.29, 0.717) is 0 Å². The molecular weight excluding hydrogens is 222 g/mol. The van der Waals surface area contributed by atoms with E-state index in [-0.39, 0.29) is 4.87 Å². The Bertz CT molecular complexity index is 373. The number of rotatable bonds is 4. The van der Waals surface area contributed by atoms with Gasteiger partial charge in [0.25, 0.3) is 0 Å². The summed E-state index contributed by atoms with van der Waals surface area (Å²) in [6.07, 6.45) is 2.62. The van der Waals surface area contributed by atoms with Gasteiger partial charge in [-0.3, -0.25) is 4.79 Å². The van der Waals surface area contributed by atoms with Gasteiger partial charge in [-0.15, -0.1) is 0 Å². The number of likely N-dealkylation sites (tertiary alicyclic amines) is 1. The number of hydrogen-bond acceptors (Lipinski definition) is 4. The van der Waals surface area contributed by atoms with Crippen molar-refractivity contribution in [3.05, 3.63) is 20.7 Å². The summed E-state index contributed by atoms with van der Waals surface area (Å²) in [5, 5.41) is 5.31. The number of nitrogens with zero attached hydrogens (tertiary/aromatic N) is 1. The molecule has 1 aromatic heterocycles. The summed E-state index contributed by atoms with van der Waals surface area (Å²) in [5.41, 5.74) is 0.999. The van der Waals surface area contributed by atoms with Crippen molar-refractivity contribution in [2.24, 2.45) is 5.92 Å². The minimum atomic E-state index is 0.0363. The van der Waals surface area contributed by atoms with Crippen LogP contribution in [0.15, 0.2) is 10.2 Å². The first-order valence-electron chi connectivity index (χ1n) is 5.80. The Labute approximate surface area is 99.7 Å². The van der Waals surface area contributed by atoms with E-state index in [1.165, 1.54) is 37.3 Å². The number of thiazole rings is 1. The summed E-state index contributed by atoms with van der Waals surface area (Å²) in [7, 11) is 2.18. The Morgan fingerprint density at radius 2 is 2.56 bits per heavy atom. The maximum Gasteiger partial charge on any atom is 0.304 e.